The van der Waals surface area contributed by atoms with Gasteiger partial charge in [-0.25, -0.2) is 0 Å². The lowest BCUT2D eigenvalue weighted by molar-refractivity contribution is -0.135. The van der Waals surface area contributed by atoms with Crippen LogP contribution in [0.2, 0.25) is 0 Å². The molecule has 148 valence electrons. The number of likely N-dealkylation sites (tertiary alicyclic amines) is 1. The number of aryl methyl sites for hydroxylation is 1. The molecule has 2 heterocycles. The molecule has 1 fully saturated rings. The van der Waals surface area contributed by atoms with Gasteiger partial charge in [-0.1, -0.05) is 25.0 Å². The summed E-state index contributed by atoms with van der Waals surface area (Å²) < 4.78 is 6.29. The lowest BCUT2D eigenvalue weighted by Gasteiger charge is -2.44. The van der Waals surface area contributed by atoms with Crippen LogP contribution in [0, 0.1) is 6.92 Å². The molecule has 0 saturated carbocycles. The molecule has 0 atom stereocenters. The van der Waals surface area contributed by atoms with E-state index in [1.165, 1.54) is 12.8 Å². The van der Waals surface area contributed by atoms with E-state index in [1.54, 1.807) is 0 Å². The topological polar surface area (TPSA) is 49.9 Å². The van der Waals surface area contributed by atoms with E-state index in [0.29, 0.717) is 37.2 Å². The van der Waals surface area contributed by atoms with E-state index in [4.69, 9.17) is 4.74 Å². The summed E-state index contributed by atoms with van der Waals surface area (Å²) in [4.78, 5) is 29.3. The second-order valence-electron chi connectivity index (χ2n) is 8.17. The summed E-state index contributed by atoms with van der Waals surface area (Å²) >= 11 is 0. The van der Waals surface area contributed by atoms with Gasteiger partial charge >= 0.3 is 0 Å². The molecule has 1 aromatic rings. The zero-order valence-electron chi connectivity index (χ0n) is 16.9. The van der Waals surface area contributed by atoms with E-state index >= 15 is 0 Å². The molecular formula is C22H32N2O3. The number of amides is 1. The van der Waals surface area contributed by atoms with Crippen molar-refractivity contribution in [2.75, 3.05) is 33.2 Å². The van der Waals surface area contributed by atoms with Crippen LogP contribution < -0.4 is 4.74 Å². The van der Waals surface area contributed by atoms with Crippen molar-refractivity contribution in [3.05, 3.63) is 29.3 Å². The van der Waals surface area contributed by atoms with Gasteiger partial charge in [-0.05, 0) is 39.1 Å². The van der Waals surface area contributed by atoms with E-state index in [9.17, 15) is 9.59 Å². The van der Waals surface area contributed by atoms with Crippen molar-refractivity contribution >= 4 is 11.7 Å². The minimum absolute atomic E-state index is 0.164. The van der Waals surface area contributed by atoms with Crippen LogP contribution >= 0.6 is 0 Å². The minimum Gasteiger partial charge on any atom is -0.486 e. The number of rotatable bonds is 6. The number of fused-ring (bicyclic) bond motifs is 1. The van der Waals surface area contributed by atoms with Gasteiger partial charge in [0.25, 0.3) is 0 Å². The fraction of sp³-hybridized carbons (Fsp3) is 0.636. The van der Waals surface area contributed by atoms with Crippen molar-refractivity contribution in [2.24, 2.45) is 0 Å². The van der Waals surface area contributed by atoms with Crippen LogP contribution in [-0.4, -0.2) is 60.3 Å². The fourth-order valence-corrected chi connectivity index (χ4v) is 4.03. The van der Waals surface area contributed by atoms with Crippen LogP contribution in [-0.2, 0) is 4.79 Å². The lowest BCUT2D eigenvalue weighted by atomic mass is 9.82. The van der Waals surface area contributed by atoms with E-state index in [1.807, 2.05) is 30.0 Å². The maximum atomic E-state index is 12.6. The van der Waals surface area contributed by atoms with Crippen molar-refractivity contribution in [3.8, 4) is 5.75 Å². The van der Waals surface area contributed by atoms with Crippen LogP contribution in [0.5, 0.6) is 5.75 Å². The highest BCUT2D eigenvalue weighted by Gasteiger charge is 2.43. The first kappa shape index (κ1) is 19.9. The van der Waals surface area contributed by atoms with Crippen molar-refractivity contribution in [1.29, 1.82) is 0 Å². The molecule has 2 aliphatic heterocycles. The van der Waals surface area contributed by atoms with E-state index in [-0.39, 0.29) is 11.7 Å². The van der Waals surface area contributed by atoms with Gasteiger partial charge in [0.1, 0.15) is 11.4 Å². The Morgan fingerprint density at radius 2 is 2.00 bits per heavy atom. The fourth-order valence-electron chi connectivity index (χ4n) is 4.03. The summed E-state index contributed by atoms with van der Waals surface area (Å²) in [6, 6.07) is 5.81. The molecule has 1 spiro atoms. The Labute approximate surface area is 162 Å². The first-order valence-electron chi connectivity index (χ1n) is 10.2. The summed E-state index contributed by atoms with van der Waals surface area (Å²) in [6.45, 7) is 7.36. The molecule has 5 nitrogen and oxygen atoms in total. The highest BCUT2D eigenvalue weighted by molar-refractivity contribution is 6.00. The van der Waals surface area contributed by atoms with Gasteiger partial charge in [0, 0.05) is 38.9 Å². The quantitative estimate of drug-likeness (QED) is 0.767. The molecule has 0 bridgehead atoms. The van der Waals surface area contributed by atoms with Crippen molar-refractivity contribution in [1.82, 2.24) is 9.80 Å². The Bertz CT molecular complexity index is 693. The predicted octanol–water partition coefficient (Wildman–Crippen LogP) is 3.44. The highest BCUT2D eigenvalue weighted by atomic mass is 16.5. The van der Waals surface area contributed by atoms with Gasteiger partial charge in [-0.2, -0.15) is 0 Å². The molecule has 2 aliphatic rings. The predicted molar refractivity (Wildman–Crippen MR) is 106 cm³/mol. The summed E-state index contributed by atoms with van der Waals surface area (Å²) in [7, 11) is 2.08. The number of ketones is 1. The molecule has 0 aromatic heterocycles. The molecule has 1 aromatic carbocycles. The molecule has 0 unspecified atom stereocenters. The number of benzene rings is 1. The number of nitrogens with zero attached hydrogens (tertiary/aromatic N) is 2. The lowest BCUT2D eigenvalue weighted by Crippen LogP contribution is -2.52. The highest BCUT2D eigenvalue weighted by Crippen LogP contribution is 2.39. The maximum Gasteiger partial charge on any atom is 0.223 e. The number of hydrogen-bond acceptors (Lipinski definition) is 4. The maximum absolute atomic E-state index is 12.6. The molecule has 0 aliphatic carbocycles. The first-order valence-corrected chi connectivity index (χ1v) is 10.2. The molecular weight excluding hydrogens is 340 g/mol. The Morgan fingerprint density at radius 3 is 2.70 bits per heavy atom. The Balaban J connectivity index is 1.53. The summed E-state index contributed by atoms with van der Waals surface area (Å²) in [5.41, 5.74) is 1.34. The smallest absolute Gasteiger partial charge is 0.223 e. The van der Waals surface area contributed by atoms with Crippen LogP contribution in [0.25, 0.3) is 0 Å². The van der Waals surface area contributed by atoms with E-state index in [0.717, 1.165) is 31.5 Å². The Hall–Kier alpha value is -1.88. The number of carbonyl (C=O) groups is 2. The Morgan fingerprint density at radius 1 is 1.26 bits per heavy atom. The first-order chi connectivity index (χ1) is 12.9. The van der Waals surface area contributed by atoms with Crippen LogP contribution in [0.1, 0.15) is 61.4 Å². The summed E-state index contributed by atoms with van der Waals surface area (Å²) in [5.74, 6) is 1.08. The van der Waals surface area contributed by atoms with E-state index in [2.05, 4.69) is 18.9 Å². The molecule has 27 heavy (non-hydrogen) atoms. The average Bonchev–Trinajstić information content (AvgIpc) is 2.66. The van der Waals surface area contributed by atoms with Crippen molar-refractivity contribution in [3.63, 3.8) is 0 Å². The second kappa shape index (κ2) is 8.42. The number of hydrogen-bond donors (Lipinski definition) is 0. The molecule has 0 N–H and O–H groups in total. The monoisotopic (exact) mass is 372 g/mol. The standard InChI is InChI=1S/C22H32N2O3/c1-4-5-11-23(3)12-8-21(26)24-13-9-22(10-14-24)16-19(25)18-15-17(2)6-7-20(18)27-22/h6-7,15H,4-5,8-14,16H2,1-3H3. The van der Waals surface area contributed by atoms with Crippen molar-refractivity contribution in [2.45, 2.75) is 58.0 Å². The average molecular weight is 373 g/mol. The van der Waals surface area contributed by atoms with Gasteiger partial charge in [-0.15, -0.1) is 0 Å². The zero-order chi connectivity index (χ0) is 19.4. The molecule has 3 rings (SSSR count). The largest absolute Gasteiger partial charge is 0.486 e. The van der Waals surface area contributed by atoms with Gasteiger partial charge in [0.15, 0.2) is 5.78 Å². The zero-order valence-corrected chi connectivity index (χ0v) is 16.9. The SMILES string of the molecule is CCCCN(C)CCC(=O)N1CCC2(CC1)CC(=O)c1cc(C)ccc1O2. The van der Waals surface area contributed by atoms with E-state index < -0.39 is 5.60 Å². The normalized spacial score (nSPS) is 18.5. The summed E-state index contributed by atoms with van der Waals surface area (Å²) in [5, 5.41) is 0. The number of Topliss-reactive ketones (excluding diaryl/α,β-unsaturated/α-hetero) is 1. The van der Waals surface area contributed by atoms with Gasteiger partial charge in [0.2, 0.25) is 5.91 Å². The third-order valence-electron chi connectivity index (χ3n) is 5.87. The van der Waals surface area contributed by atoms with Gasteiger partial charge in [0.05, 0.1) is 12.0 Å². The Kier molecular flexibility index (Phi) is 6.20. The minimum atomic E-state index is -0.436. The van der Waals surface area contributed by atoms with Crippen LogP contribution in [0.4, 0.5) is 0 Å². The molecule has 1 saturated heterocycles. The number of carbonyl (C=O) groups excluding carboxylic acids is 2. The molecule has 5 heteroatoms. The van der Waals surface area contributed by atoms with Gasteiger partial charge in [-0.3, -0.25) is 9.59 Å². The van der Waals surface area contributed by atoms with Crippen LogP contribution in [0.15, 0.2) is 18.2 Å². The summed E-state index contributed by atoms with van der Waals surface area (Å²) in [6.07, 6.45) is 4.78. The number of unbranched alkanes of at least 4 members (excludes halogenated alkanes) is 1. The molecule has 1 amide bonds. The van der Waals surface area contributed by atoms with Gasteiger partial charge < -0.3 is 14.5 Å². The number of ether oxygens (including phenoxy) is 1. The van der Waals surface area contributed by atoms with Crippen LogP contribution in [0.3, 0.4) is 0 Å². The number of piperidine rings is 1. The third-order valence-corrected chi connectivity index (χ3v) is 5.87. The molecule has 0 radical (unpaired) electrons. The second-order valence-corrected chi connectivity index (χ2v) is 8.17. The van der Waals surface area contributed by atoms with Crippen molar-refractivity contribution < 1.29 is 14.3 Å². The third kappa shape index (κ3) is 4.70.